The molecule has 0 fully saturated rings. The smallest absolute Gasteiger partial charge is 0.362 e. The topological polar surface area (TPSA) is 29.1 Å². The van der Waals surface area contributed by atoms with Gasteiger partial charge < -0.3 is 5.32 Å². The van der Waals surface area contributed by atoms with Crippen LogP contribution in [0.2, 0.25) is 0 Å². The van der Waals surface area contributed by atoms with E-state index in [1.54, 1.807) is 30.3 Å². The summed E-state index contributed by atoms with van der Waals surface area (Å²) in [6, 6.07) is 13.4. The van der Waals surface area contributed by atoms with E-state index < -0.39 is 11.7 Å². The van der Waals surface area contributed by atoms with E-state index in [2.05, 4.69) is 5.32 Å². The zero-order valence-electron chi connectivity index (χ0n) is 10.9. The number of ketones is 1. The molecule has 0 amide bonds. The summed E-state index contributed by atoms with van der Waals surface area (Å²) >= 11 is 0. The van der Waals surface area contributed by atoms with Gasteiger partial charge in [0.15, 0.2) is 5.78 Å². The highest BCUT2D eigenvalue weighted by molar-refractivity contribution is 6.04. The predicted octanol–water partition coefficient (Wildman–Crippen LogP) is 4.51. The molecule has 0 saturated carbocycles. The van der Waals surface area contributed by atoms with Crippen molar-refractivity contribution >= 4 is 11.5 Å². The van der Waals surface area contributed by atoms with Gasteiger partial charge in [0.05, 0.1) is 5.56 Å². The van der Waals surface area contributed by atoms with Crippen LogP contribution in [0.3, 0.4) is 0 Å². The molecule has 1 N–H and O–H groups in total. The maximum atomic E-state index is 12.5. The van der Waals surface area contributed by atoms with Crippen LogP contribution in [-0.2, 0) is 6.18 Å². The minimum atomic E-state index is -4.39. The molecule has 0 aromatic heterocycles. The fourth-order valence-electron chi connectivity index (χ4n) is 1.70. The number of carbonyl (C=O) groups is 1. The summed E-state index contributed by atoms with van der Waals surface area (Å²) in [4.78, 5) is 11.8. The molecule has 0 aliphatic rings. The number of anilines is 1. The second-order valence-electron chi connectivity index (χ2n) is 4.29. The van der Waals surface area contributed by atoms with E-state index >= 15 is 0 Å². The van der Waals surface area contributed by atoms with Crippen LogP contribution in [0.15, 0.2) is 66.9 Å². The molecule has 2 aromatic carbocycles. The first kappa shape index (κ1) is 14.8. The number of allylic oxidation sites excluding steroid dienone is 1. The van der Waals surface area contributed by atoms with Gasteiger partial charge in [0.1, 0.15) is 0 Å². The van der Waals surface area contributed by atoms with Crippen LogP contribution in [0, 0.1) is 0 Å². The third-order valence-corrected chi connectivity index (χ3v) is 2.73. The van der Waals surface area contributed by atoms with Gasteiger partial charge in [-0.3, -0.25) is 4.79 Å². The van der Waals surface area contributed by atoms with E-state index in [4.69, 9.17) is 0 Å². The molecular formula is C16H12F3NO. The molecule has 0 unspecified atom stereocenters. The Kier molecular flexibility index (Phi) is 4.42. The van der Waals surface area contributed by atoms with Gasteiger partial charge in [-0.15, -0.1) is 0 Å². The van der Waals surface area contributed by atoms with Gasteiger partial charge in [-0.25, -0.2) is 0 Å². The van der Waals surface area contributed by atoms with Gasteiger partial charge in [0.25, 0.3) is 0 Å². The van der Waals surface area contributed by atoms with Crippen molar-refractivity contribution in [3.63, 3.8) is 0 Å². The Hall–Kier alpha value is -2.56. The van der Waals surface area contributed by atoms with Crippen molar-refractivity contribution in [3.05, 3.63) is 78.0 Å². The zero-order chi connectivity index (χ0) is 15.3. The maximum Gasteiger partial charge on any atom is 0.416 e. The van der Waals surface area contributed by atoms with Crippen LogP contribution in [0.4, 0.5) is 18.9 Å². The summed E-state index contributed by atoms with van der Waals surface area (Å²) < 4.78 is 37.6. The van der Waals surface area contributed by atoms with E-state index in [1.807, 2.05) is 0 Å². The molecule has 108 valence electrons. The first-order valence-corrected chi connectivity index (χ1v) is 6.16. The monoisotopic (exact) mass is 291 g/mol. The van der Waals surface area contributed by atoms with E-state index in [9.17, 15) is 18.0 Å². The highest BCUT2D eigenvalue weighted by atomic mass is 19.4. The number of halogens is 3. The largest absolute Gasteiger partial charge is 0.416 e. The summed E-state index contributed by atoms with van der Waals surface area (Å²) in [7, 11) is 0. The van der Waals surface area contributed by atoms with Crippen molar-refractivity contribution in [2.75, 3.05) is 5.32 Å². The number of hydrogen-bond acceptors (Lipinski definition) is 2. The Labute approximate surface area is 119 Å². The van der Waals surface area contributed by atoms with Crippen molar-refractivity contribution in [1.82, 2.24) is 0 Å². The third-order valence-electron chi connectivity index (χ3n) is 2.73. The molecule has 21 heavy (non-hydrogen) atoms. The minimum absolute atomic E-state index is 0.227. The lowest BCUT2D eigenvalue weighted by Gasteiger charge is -2.08. The summed E-state index contributed by atoms with van der Waals surface area (Å²) in [6.45, 7) is 0. The summed E-state index contributed by atoms with van der Waals surface area (Å²) in [5, 5.41) is 2.66. The van der Waals surface area contributed by atoms with Gasteiger partial charge in [-0.1, -0.05) is 36.4 Å². The van der Waals surface area contributed by atoms with Crippen molar-refractivity contribution in [1.29, 1.82) is 0 Å². The van der Waals surface area contributed by atoms with Crippen LogP contribution in [0.25, 0.3) is 0 Å². The van der Waals surface area contributed by atoms with Gasteiger partial charge in [0, 0.05) is 23.5 Å². The van der Waals surface area contributed by atoms with Crippen molar-refractivity contribution in [2.24, 2.45) is 0 Å². The number of carbonyl (C=O) groups excluding carboxylic acids is 1. The summed E-state index contributed by atoms with van der Waals surface area (Å²) in [5.74, 6) is -0.227. The fourth-order valence-corrected chi connectivity index (χ4v) is 1.70. The molecule has 0 atom stereocenters. The van der Waals surface area contributed by atoms with Crippen molar-refractivity contribution in [2.45, 2.75) is 6.18 Å². The Balaban J connectivity index is 2.03. The molecule has 0 radical (unpaired) electrons. The molecule has 0 aliphatic heterocycles. The Morgan fingerprint density at radius 2 is 1.71 bits per heavy atom. The second-order valence-corrected chi connectivity index (χ2v) is 4.29. The Morgan fingerprint density at radius 1 is 1.00 bits per heavy atom. The number of nitrogens with one attached hydrogen (secondary N) is 1. The average molecular weight is 291 g/mol. The highest BCUT2D eigenvalue weighted by Crippen LogP contribution is 2.30. The average Bonchev–Trinajstić information content (AvgIpc) is 2.47. The molecule has 0 aliphatic carbocycles. The van der Waals surface area contributed by atoms with Crippen molar-refractivity contribution in [3.8, 4) is 0 Å². The van der Waals surface area contributed by atoms with Crippen LogP contribution < -0.4 is 5.32 Å². The molecule has 0 saturated heterocycles. The SMILES string of the molecule is O=C(/C=C/Nc1cccc(C(F)(F)F)c1)c1ccccc1. The Morgan fingerprint density at radius 3 is 2.38 bits per heavy atom. The summed E-state index contributed by atoms with van der Waals surface area (Å²) in [6.07, 6.45) is -1.79. The minimum Gasteiger partial charge on any atom is -0.362 e. The van der Waals surface area contributed by atoms with Gasteiger partial charge >= 0.3 is 6.18 Å². The van der Waals surface area contributed by atoms with E-state index in [0.717, 1.165) is 12.1 Å². The quantitative estimate of drug-likeness (QED) is 0.663. The molecule has 0 heterocycles. The molecular weight excluding hydrogens is 279 g/mol. The first-order chi connectivity index (χ1) is 9.97. The predicted molar refractivity (Wildman–Crippen MR) is 75.0 cm³/mol. The number of hydrogen-bond donors (Lipinski definition) is 1. The molecule has 5 heteroatoms. The maximum absolute atomic E-state index is 12.5. The van der Waals surface area contributed by atoms with Crippen molar-refractivity contribution < 1.29 is 18.0 Å². The Bertz CT molecular complexity index is 648. The molecule has 0 spiro atoms. The molecule has 2 aromatic rings. The fraction of sp³-hybridized carbons (Fsp3) is 0.0625. The van der Waals surface area contributed by atoms with Crippen LogP contribution in [-0.4, -0.2) is 5.78 Å². The van der Waals surface area contributed by atoms with Crippen LogP contribution in [0.5, 0.6) is 0 Å². The number of alkyl halides is 3. The number of rotatable bonds is 4. The number of benzene rings is 2. The first-order valence-electron chi connectivity index (χ1n) is 6.16. The molecule has 2 nitrogen and oxygen atoms in total. The molecule has 2 rings (SSSR count). The standard InChI is InChI=1S/C16H12F3NO/c17-16(18,19)13-7-4-8-14(11-13)20-10-9-15(21)12-5-2-1-3-6-12/h1-11,20H/b10-9+. The third kappa shape index (κ3) is 4.21. The lowest BCUT2D eigenvalue weighted by Crippen LogP contribution is -2.05. The van der Waals surface area contributed by atoms with E-state index in [-0.39, 0.29) is 11.5 Å². The lowest BCUT2D eigenvalue weighted by atomic mass is 10.1. The normalized spacial score (nSPS) is 11.6. The molecule has 0 bridgehead atoms. The highest BCUT2D eigenvalue weighted by Gasteiger charge is 2.30. The van der Waals surface area contributed by atoms with Gasteiger partial charge in [0.2, 0.25) is 0 Å². The van der Waals surface area contributed by atoms with Gasteiger partial charge in [-0.05, 0) is 18.2 Å². The summed E-state index contributed by atoms with van der Waals surface area (Å²) in [5.41, 5.74) is 0.0387. The lowest BCUT2D eigenvalue weighted by molar-refractivity contribution is -0.137. The van der Waals surface area contributed by atoms with Crippen LogP contribution in [0.1, 0.15) is 15.9 Å². The van der Waals surface area contributed by atoms with E-state index in [1.165, 1.54) is 24.4 Å². The van der Waals surface area contributed by atoms with Gasteiger partial charge in [-0.2, -0.15) is 13.2 Å². The second kappa shape index (κ2) is 6.26. The zero-order valence-corrected chi connectivity index (χ0v) is 10.9. The van der Waals surface area contributed by atoms with E-state index in [0.29, 0.717) is 5.56 Å². The van der Waals surface area contributed by atoms with Crippen LogP contribution >= 0.6 is 0 Å².